The smallest absolute Gasteiger partial charge is 0.340 e. The highest BCUT2D eigenvalue weighted by Gasteiger charge is 2.27. The molecule has 1 aromatic heterocycles. The van der Waals surface area contributed by atoms with Crippen molar-refractivity contribution in [2.24, 2.45) is 0 Å². The lowest BCUT2D eigenvalue weighted by Gasteiger charge is -2.14. The highest BCUT2D eigenvalue weighted by molar-refractivity contribution is 7.90. The predicted octanol–water partition coefficient (Wildman–Crippen LogP) is 3.50. The maximum Gasteiger partial charge on any atom is 0.340 e. The van der Waals surface area contributed by atoms with Crippen LogP contribution in [0.5, 0.6) is 5.75 Å². The Bertz CT molecular complexity index is 1080. The quantitative estimate of drug-likeness (QED) is 0.629. The van der Waals surface area contributed by atoms with Crippen molar-refractivity contribution >= 4 is 16.0 Å². The third kappa shape index (κ3) is 3.33. The van der Waals surface area contributed by atoms with E-state index in [1.165, 1.54) is 38.6 Å². The molecule has 3 aromatic rings. The van der Waals surface area contributed by atoms with Gasteiger partial charge < -0.3 is 9.47 Å². The maximum absolute atomic E-state index is 13.2. The lowest BCUT2D eigenvalue weighted by atomic mass is 10.1. The highest BCUT2D eigenvalue weighted by Crippen LogP contribution is 2.35. The second-order valence-corrected chi connectivity index (χ2v) is 7.70. The fraction of sp³-hybridized carbons (Fsp3) is 0.150. The summed E-state index contributed by atoms with van der Waals surface area (Å²) in [7, 11) is -1.19. The predicted molar refractivity (Wildman–Crippen MR) is 102 cm³/mol. The molecule has 3 rings (SSSR count). The highest BCUT2D eigenvalue weighted by atomic mass is 32.2. The van der Waals surface area contributed by atoms with Gasteiger partial charge in [0.05, 0.1) is 30.4 Å². The van der Waals surface area contributed by atoms with Gasteiger partial charge >= 0.3 is 5.97 Å². The number of ether oxygens (including phenoxy) is 2. The van der Waals surface area contributed by atoms with Crippen molar-refractivity contribution in [3.8, 4) is 17.0 Å². The number of carbonyl (C=O) groups excluding carboxylic acids is 1. The van der Waals surface area contributed by atoms with Gasteiger partial charge in [0, 0.05) is 11.8 Å². The molecule has 0 amide bonds. The van der Waals surface area contributed by atoms with Gasteiger partial charge in [0.25, 0.3) is 10.0 Å². The third-order valence-corrected chi connectivity index (χ3v) is 5.89. The molecule has 0 aliphatic carbocycles. The number of hydrogen-bond donors (Lipinski definition) is 0. The molecule has 0 aliphatic heterocycles. The number of rotatable bonds is 5. The maximum atomic E-state index is 13.2. The molecule has 0 unspecified atom stereocenters. The van der Waals surface area contributed by atoms with E-state index in [0.717, 1.165) is 9.54 Å². The molecule has 6 nitrogen and oxygen atoms in total. The molecule has 0 N–H and O–H groups in total. The van der Waals surface area contributed by atoms with Gasteiger partial charge in [-0.25, -0.2) is 17.2 Å². The summed E-state index contributed by atoms with van der Waals surface area (Å²) in [5.74, 6) is -0.185. The number of methoxy groups -OCH3 is 2. The first-order valence-corrected chi connectivity index (χ1v) is 9.59. The van der Waals surface area contributed by atoms with Gasteiger partial charge in [-0.05, 0) is 37.3 Å². The second-order valence-electron chi connectivity index (χ2n) is 5.88. The molecule has 0 atom stereocenters. The standard InChI is InChI=1S/C20H19NO5S/c1-14-8-10-15(11-9-14)27(23,24)21-13-12-17(20(22)26-3)19(21)16-6-4-5-7-18(16)25-2/h4-13H,1-3H3. The molecule has 2 aromatic carbocycles. The van der Waals surface area contributed by atoms with E-state index in [4.69, 9.17) is 9.47 Å². The molecule has 27 heavy (non-hydrogen) atoms. The number of esters is 1. The van der Waals surface area contributed by atoms with E-state index in [-0.39, 0.29) is 16.2 Å². The van der Waals surface area contributed by atoms with Crippen LogP contribution in [0.4, 0.5) is 0 Å². The van der Waals surface area contributed by atoms with Crippen LogP contribution in [0.3, 0.4) is 0 Å². The molecule has 0 bridgehead atoms. The molecular formula is C20H19NO5S. The number of aryl methyl sites for hydroxylation is 1. The van der Waals surface area contributed by atoms with Crippen LogP contribution in [-0.4, -0.2) is 32.6 Å². The van der Waals surface area contributed by atoms with Crippen LogP contribution in [0.15, 0.2) is 65.7 Å². The van der Waals surface area contributed by atoms with Crippen molar-refractivity contribution < 1.29 is 22.7 Å². The molecule has 0 aliphatic rings. The summed E-state index contributed by atoms with van der Waals surface area (Å²) < 4.78 is 37.7. The fourth-order valence-corrected chi connectivity index (χ4v) is 4.18. The van der Waals surface area contributed by atoms with E-state index in [2.05, 4.69) is 0 Å². The first-order chi connectivity index (χ1) is 12.9. The minimum absolute atomic E-state index is 0.122. The van der Waals surface area contributed by atoms with Crippen molar-refractivity contribution in [2.75, 3.05) is 14.2 Å². The van der Waals surface area contributed by atoms with Crippen LogP contribution in [0.2, 0.25) is 0 Å². The van der Waals surface area contributed by atoms with E-state index in [1.54, 1.807) is 36.4 Å². The number of hydrogen-bond acceptors (Lipinski definition) is 5. The Balaban J connectivity index is 2.30. The minimum atomic E-state index is -3.93. The Morgan fingerprint density at radius 3 is 2.26 bits per heavy atom. The van der Waals surface area contributed by atoms with Gasteiger partial charge in [-0.2, -0.15) is 0 Å². The average molecular weight is 385 g/mol. The van der Waals surface area contributed by atoms with Crippen molar-refractivity contribution in [1.82, 2.24) is 3.97 Å². The summed E-state index contributed by atoms with van der Waals surface area (Å²) in [5, 5.41) is 0. The topological polar surface area (TPSA) is 74.6 Å². The third-order valence-electron chi connectivity index (χ3n) is 4.20. The van der Waals surface area contributed by atoms with E-state index >= 15 is 0 Å². The Labute approximate surface area is 158 Å². The van der Waals surface area contributed by atoms with Gasteiger partial charge in [0.2, 0.25) is 0 Å². The fourth-order valence-electron chi connectivity index (χ4n) is 2.82. The number of aromatic nitrogens is 1. The summed E-state index contributed by atoms with van der Waals surface area (Å²) in [6.07, 6.45) is 1.35. The number of nitrogens with zero attached hydrogens (tertiary/aromatic N) is 1. The first kappa shape index (κ1) is 18.7. The van der Waals surface area contributed by atoms with Gasteiger partial charge in [-0.1, -0.05) is 29.8 Å². The molecule has 0 saturated heterocycles. The zero-order valence-electron chi connectivity index (χ0n) is 15.2. The number of para-hydroxylation sites is 1. The molecule has 0 spiro atoms. The monoisotopic (exact) mass is 385 g/mol. The number of carbonyl (C=O) groups is 1. The van der Waals surface area contributed by atoms with Crippen LogP contribution >= 0.6 is 0 Å². The van der Waals surface area contributed by atoms with Gasteiger partial charge in [-0.3, -0.25) is 0 Å². The van der Waals surface area contributed by atoms with Crippen molar-refractivity contribution in [3.05, 3.63) is 71.9 Å². The van der Waals surface area contributed by atoms with Crippen LogP contribution in [0.1, 0.15) is 15.9 Å². The summed E-state index contributed by atoms with van der Waals surface area (Å²) in [6, 6.07) is 14.9. The first-order valence-electron chi connectivity index (χ1n) is 8.15. The second kappa shape index (κ2) is 7.28. The molecular weight excluding hydrogens is 366 g/mol. The van der Waals surface area contributed by atoms with E-state index in [9.17, 15) is 13.2 Å². The summed E-state index contributed by atoms with van der Waals surface area (Å²) in [4.78, 5) is 12.4. The van der Waals surface area contributed by atoms with Gasteiger partial charge in [-0.15, -0.1) is 0 Å². The SMILES string of the molecule is COC(=O)c1ccn(S(=O)(=O)c2ccc(C)cc2)c1-c1ccccc1OC. The number of benzene rings is 2. The summed E-state index contributed by atoms with van der Waals surface area (Å²) in [5.41, 5.74) is 1.75. The van der Waals surface area contributed by atoms with Crippen LogP contribution < -0.4 is 4.74 Å². The lowest BCUT2D eigenvalue weighted by Crippen LogP contribution is -2.15. The molecule has 0 fully saturated rings. The van der Waals surface area contributed by atoms with Crippen LogP contribution in [-0.2, 0) is 14.8 Å². The molecule has 1 heterocycles. The molecule has 140 valence electrons. The lowest BCUT2D eigenvalue weighted by molar-refractivity contribution is 0.0602. The van der Waals surface area contributed by atoms with Crippen molar-refractivity contribution in [1.29, 1.82) is 0 Å². The minimum Gasteiger partial charge on any atom is -0.496 e. The Morgan fingerprint density at radius 2 is 1.63 bits per heavy atom. The van der Waals surface area contributed by atoms with Crippen LogP contribution in [0.25, 0.3) is 11.3 Å². The Morgan fingerprint density at radius 1 is 0.963 bits per heavy atom. The van der Waals surface area contributed by atoms with Crippen molar-refractivity contribution in [3.63, 3.8) is 0 Å². The molecule has 0 radical (unpaired) electrons. The normalized spacial score (nSPS) is 11.2. The van der Waals surface area contributed by atoms with E-state index < -0.39 is 16.0 Å². The summed E-state index contributed by atoms with van der Waals surface area (Å²) >= 11 is 0. The molecule has 0 saturated carbocycles. The summed E-state index contributed by atoms with van der Waals surface area (Å²) in [6.45, 7) is 1.88. The largest absolute Gasteiger partial charge is 0.496 e. The average Bonchev–Trinajstić information content (AvgIpc) is 3.13. The van der Waals surface area contributed by atoms with Crippen LogP contribution in [0, 0.1) is 6.92 Å². The zero-order valence-corrected chi connectivity index (χ0v) is 16.0. The van der Waals surface area contributed by atoms with Crippen molar-refractivity contribution in [2.45, 2.75) is 11.8 Å². The van der Waals surface area contributed by atoms with E-state index in [1.807, 2.05) is 6.92 Å². The Kier molecular flexibility index (Phi) is 5.05. The zero-order chi connectivity index (χ0) is 19.6. The van der Waals surface area contributed by atoms with Gasteiger partial charge in [0.1, 0.15) is 5.75 Å². The van der Waals surface area contributed by atoms with Gasteiger partial charge in [0.15, 0.2) is 0 Å². The van der Waals surface area contributed by atoms with E-state index in [0.29, 0.717) is 11.3 Å². The molecule has 7 heteroatoms. The Hall–Kier alpha value is -3.06.